The molecule has 0 fully saturated rings. The van der Waals surface area contributed by atoms with E-state index in [1.807, 2.05) is 26.0 Å². The summed E-state index contributed by atoms with van der Waals surface area (Å²) in [6, 6.07) is 5.59. The second-order valence-electron chi connectivity index (χ2n) is 4.37. The van der Waals surface area contributed by atoms with Crippen molar-refractivity contribution in [3.63, 3.8) is 0 Å². The molecule has 2 N–H and O–H groups in total. The number of nitro groups is 1. The Morgan fingerprint density at radius 2 is 1.89 bits per heavy atom. The normalized spacial score (nSPS) is 10.5. The van der Waals surface area contributed by atoms with Gasteiger partial charge in [0.15, 0.2) is 5.69 Å². The van der Waals surface area contributed by atoms with E-state index in [-0.39, 0.29) is 23.0 Å². The zero-order chi connectivity index (χ0) is 14.2. The largest absolute Gasteiger partial charge is 0.368 e. The quantitative estimate of drug-likeness (QED) is 0.659. The Morgan fingerprint density at radius 3 is 2.53 bits per heavy atom. The summed E-state index contributed by atoms with van der Waals surface area (Å²) in [7, 11) is 0. The molecule has 2 aromatic rings. The monoisotopic (exact) mass is 258 g/mol. The highest BCUT2D eigenvalue weighted by atomic mass is 16.6. The molecule has 0 unspecified atom stereocenters. The number of benzene rings is 1. The summed E-state index contributed by atoms with van der Waals surface area (Å²) in [4.78, 5) is 18.7. The number of nitrogens with zero attached hydrogens (tertiary/aromatic N) is 3. The molecule has 0 aliphatic heterocycles. The third kappa shape index (κ3) is 2.24. The summed E-state index contributed by atoms with van der Waals surface area (Å²) < 4.78 is 0. The van der Waals surface area contributed by atoms with Crippen LogP contribution in [0.1, 0.15) is 16.8 Å². The molecule has 1 heterocycles. The summed E-state index contributed by atoms with van der Waals surface area (Å²) in [5, 5.41) is 11.2. The molecule has 0 bridgehead atoms. The van der Waals surface area contributed by atoms with Crippen LogP contribution in [0.25, 0.3) is 11.3 Å². The van der Waals surface area contributed by atoms with Crippen LogP contribution in [0.3, 0.4) is 0 Å². The molecule has 2 rings (SSSR count). The zero-order valence-electron chi connectivity index (χ0n) is 11.0. The van der Waals surface area contributed by atoms with Gasteiger partial charge in [-0.2, -0.15) is 0 Å². The van der Waals surface area contributed by atoms with Crippen LogP contribution < -0.4 is 5.73 Å². The van der Waals surface area contributed by atoms with E-state index in [4.69, 9.17) is 5.73 Å². The van der Waals surface area contributed by atoms with Crippen molar-refractivity contribution in [3.05, 3.63) is 45.1 Å². The minimum atomic E-state index is -0.466. The molecule has 0 aliphatic rings. The average molecular weight is 258 g/mol. The summed E-state index contributed by atoms with van der Waals surface area (Å²) >= 11 is 0. The summed E-state index contributed by atoms with van der Waals surface area (Å²) in [6.07, 6.45) is 0. The van der Waals surface area contributed by atoms with Gasteiger partial charge in [-0.3, -0.25) is 10.1 Å². The van der Waals surface area contributed by atoms with Crippen LogP contribution in [0, 0.1) is 30.9 Å². The minimum absolute atomic E-state index is 0.0407. The first-order chi connectivity index (χ1) is 8.91. The van der Waals surface area contributed by atoms with Gasteiger partial charge in [-0.1, -0.05) is 18.2 Å². The Morgan fingerprint density at radius 1 is 1.21 bits per heavy atom. The van der Waals surface area contributed by atoms with E-state index < -0.39 is 4.92 Å². The lowest BCUT2D eigenvalue weighted by molar-refractivity contribution is -0.385. The topological polar surface area (TPSA) is 94.9 Å². The van der Waals surface area contributed by atoms with E-state index in [2.05, 4.69) is 9.97 Å². The van der Waals surface area contributed by atoms with Crippen molar-refractivity contribution in [2.75, 3.05) is 5.73 Å². The maximum atomic E-state index is 11.2. The van der Waals surface area contributed by atoms with Crippen molar-refractivity contribution in [2.24, 2.45) is 0 Å². The lowest BCUT2D eigenvalue weighted by atomic mass is 9.99. The fourth-order valence-corrected chi connectivity index (χ4v) is 2.00. The zero-order valence-corrected chi connectivity index (χ0v) is 11.0. The van der Waals surface area contributed by atoms with E-state index in [0.29, 0.717) is 5.56 Å². The molecular weight excluding hydrogens is 244 g/mol. The lowest BCUT2D eigenvalue weighted by Crippen LogP contribution is -2.05. The Balaban J connectivity index is 2.81. The Bertz CT molecular complexity index is 668. The maximum Gasteiger partial charge on any atom is 0.316 e. The fourth-order valence-electron chi connectivity index (χ4n) is 2.00. The number of rotatable bonds is 2. The van der Waals surface area contributed by atoms with Crippen LogP contribution in [0.15, 0.2) is 18.2 Å². The Kier molecular flexibility index (Phi) is 3.16. The first-order valence-corrected chi connectivity index (χ1v) is 5.77. The summed E-state index contributed by atoms with van der Waals surface area (Å²) in [5.74, 6) is 0.0407. The van der Waals surface area contributed by atoms with E-state index in [1.165, 1.54) is 0 Å². The van der Waals surface area contributed by atoms with Gasteiger partial charge in [0.1, 0.15) is 5.69 Å². The third-order valence-corrected chi connectivity index (χ3v) is 3.12. The van der Waals surface area contributed by atoms with Crippen LogP contribution in [0.2, 0.25) is 0 Å². The lowest BCUT2D eigenvalue weighted by Gasteiger charge is -2.10. The number of hydrogen-bond donors (Lipinski definition) is 1. The van der Waals surface area contributed by atoms with Gasteiger partial charge in [-0.25, -0.2) is 9.97 Å². The number of nitrogen functional groups attached to an aromatic ring is 1. The smallest absolute Gasteiger partial charge is 0.316 e. The molecule has 19 heavy (non-hydrogen) atoms. The van der Waals surface area contributed by atoms with Crippen molar-refractivity contribution < 1.29 is 4.92 Å². The van der Waals surface area contributed by atoms with Gasteiger partial charge in [0, 0.05) is 5.56 Å². The molecule has 1 aromatic carbocycles. The summed E-state index contributed by atoms with van der Waals surface area (Å²) in [6.45, 7) is 5.41. The van der Waals surface area contributed by atoms with Crippen molar-refractivity contribution in [1.82, 2.24) is 9.97 Å². The second-order valence-corrected chi connectivity index (χ2v) is 4.37. The highest BCUT2D eigenvalue weighted by Crippen LogP contribution is 2.33. The van der Waals surface area contributed by atoms with E-state index >= 15 is 0 Å². The van der Waals surface area contributed by atoms with Gasteiger partial charge in [-0.05, 0) is 31.9 Å². The van der Waals surface area contributed by atoms with Gasteiger partial charge in [0.2, 0.25) is 5.95 Å². The molecule has 98 valence electrons. The third-order valence-electron chi connectivity index (χ3n) is 3.12. The molecule has 0 atom stereocenters. The van der Waals surface area contributed by atoms with Gasteiger partial charge in [0.25, 0.3) is 0 Å². The molecular formula is C13H14N4O2. The molecule has 0 spiro atoms. The number of hydrogen-bond acceptors (Lipinski definition) is 5. The van der Waals surface area contributed by atoms with Gasteiger partial charge in [0.05, 0.1) is 4.92 Å². The molecule has 0 saturated carbocycles. The number of nitrogens with two attached hydrogens (primary N) is 1. The predicted molar refractivity (Wildman–Crippen MR) is 72.7 cm³/mol. The van der Waals surface area contributed by atoms with Gasteiger partial charge in [-0.15, -0.1) is 0 Å². The first-order valence-electron chi connectivity index (χ1n) is 5.77. The first kappa shape index (κ1) is 12.9. The second kappa shape index (κ2) is 4.64. The average Bonchev–Trinajstić information content (AvgIpc) is 2.31. The Hall–Kier alpha value is -2.50. The van der Waals surface area contributed by atoms with Crippen LogP contribution in [-0.4, -0.2) is 14.9 Å². The standard InChI is InChI=1S/C13H14N4O2/c1-7-5-4-6-10(8(7)2)11-12(17(18)19)9(3)15-13(14)16-11/h4-6H,1-3H3,(H2,14,15,16). The van der Waals surface area contributed by atoms with Crippen LogP contribution in [0.4, 0.5) is 11.6 Å². The number of anilines is 1. The predicted octanol–water partition coefficient (Wildman–Crippen LogP) is 2.56. The van der Waals surface area contributed by atoms with Crippen molar-refractivity contribution >= 4 is 11.6 Å². The highest BCUT2D eigenvalue weighted by molar-refractivity contribution is 5.75. The van der Waals surface area contributed by atoms with Crippen LogP contribution in [0.5, 0.6) is 0 Å². The van der Waals surface area contributed by atoms with Crippen molar-refractivity contribution in [2.45, 2.75) is 20.8 Å². The van der Waals surface area contributed by atoms with E-state index in [1.54, 1.807) is 13.0 Å². The number of aryl methyl sites for hydroxylation is 2. The molecule has 6 nitrogen and oxygen atoms in total. The van der Waals surface area contributed by atoms with Gasteiger partial charge < -0.3 is 5.73 Å². The summed E-state index contributed by atoms with van der Waals surface area (Å²) in [5.41, 5.74) is 8.76. The van der Waals surface area contributed by atoms with Crippen LogP contribution >= 0.6 is 0 Å². The SMILES string of the molecule is Cc1cccc(-c2nc(N)nc(C)c2[N+](=O)[O-])c1C. The molecule has 1 aromatic heterocycles. The molecule has 0 saturated heterocycles. The maximum absolute atomic E-state index is 11.2. The molecule has 0 radical (unpaired) electrons. The highest BCUT2D eigenvalue weighted by Gasteiger charge is 2.23. The van der Waals surface area contributed by atoms with Crippen LogP contribution in [-0.2, 0) is 0 Å². The molecule has 0 amide bonds. The Labute approximate surface area is 110 Å². The minimum Gasteiger partial charge on any atom is -0.368 e. The number of aromatic nitrogens is 2. The van der Waals surface area contributed by atoms with E-state index in [0.717, 1.165) is 11.1 Å². The van der Waals surface area contributed by atoms with Gasteiger partial charge >= 0.3 is 5.69 Å². The molecule has 6 heteroatoms. The van der Waals surface area contributed by atoms with Crippen molar-refractivity contribution in [1.29, 1.82) is 0 Å². The fraction of sp³-hybridized carbons (Fsp3) is 0.231. The van der Waals surface area contributed by atoms with Crippen molar-refractivity contribution in [3.8, 4) is 11.3 Å². The molecule has 0 aliphatic carbocycles. The van der Waals surface area contributed by atoms with E-state index in [9.17, 15) is 10.1 Å².